The van der Waals surface area contributed by atoms with Crippen molar-refractivity contribution in [2.45, 2.75) is 45.2 Å². The van der Waals surface area contributed by atoms with E-state index >= 15 is 0 Å². The van der Waals surface area contributed by atoms with Gasteiger partial charge >= 0.3 is 5.97 Å². The highest BCUT2D eigenvalue weighted by Crippen LogP contribution is 2.24. The molecule has 1 aliphatic carbocycles. The van der Waals surface area contributed by atoms with Gasteiger partial charge in [-0.25, -0.2) is 4.79 Å². The van der Waals surface area contributed by atoms with Crippen molar-refractivity contribution >= 4 is 5.97 Å². The van der Waals surface area contributed by atoms with Crippen LogP contribution in [-0.2, 0) is 6.54 Å². The molecule has 0 saturated heterocycles. The zero-order valence-electron chi connectivity index (χ0n) is 10.1. The summed E-state index contributed by atoms with van der Waals surface area (Å²) in [4.78, 5) is 10.9. The molecule has 2 N–H and O–H groups in total. The molecule has 0 radical (unpaired) electrons. The molecule has 1 aliphatic rings. The number of aromatic carboxylic acids is 1. The van der Waals surface area contributed by atoms with Gasteiger partial charge in [0.2, 0.25) is 0 Å². The van der Waals surface area contributed by atoms with Gasteiger partial charge in [-0.05, 0) is 24.8 Å². The van der Waals surface area contributed by atoms with Gasteiger partial charge in [0, 0.05) is 6.04 Å². The summed E-state index contributed by atoms with van der Waals surface area (Å²) < 4.78 is 5.21. The maximum absolute atomic E-state index is 10.9. The molecule has 0 aromatic carbocycles. The van der Waals surface area contributed by atoms with Crippen molar-refractivity contribution in [2.24, 2.45) is 5.92 Å². The zero-order valence-corrected chi connectivity index (χ0v) is 10.1. The number of hydrogen-bond donors (Lipinski definition) is 2. The lowest BCUT2D eigenvalue weighted by molar-refractivity contribution is 0.0694. The molecule has 0 bridgehead atoms. The first kappa shape index (κ1) is 12.2. The molecule has 0 spiro atoms. The minimum Gasteiger partial charge on any atom is -0.478 e. The Bertz CT molecular complexity index is 386. The van der Waals surface area contributed by atoms with E-state index in [1.165, 1.54) is 38.0 Å². The van der Waals surface area contributed by atoms with Crippen LogP contribution in [0.25, 0.3) is 0 Å². The van der Waals surface area contributed by atoms with Gasteiger partial charge in [-0.2, -0.15) is 0 Å². The second-order valence-corrected chi connectivity index (χ2v) is 4.81. The molecule has 94 valence electrons. The van der Waals surface area contributed by atoms with Gasteiger partial charge in [0.1, 0.15) is 11.3 Å². The van der Waals surface area contributed by atoms with Crippen LogP contribution in [0.3, 0.4) is 0 Å². The third-order valence-corrected chi connectivity index (χ3v) is 3.61. The van der Waals surface area contributed by atoms with Crippen molar-refractivity contribution in [3.05, 3.63) is 23.7 Å². The maximum Gasteiger partial charge on any atom is 0.339 e. The van der Waals surface area contributed by atoms with E-state index in [9.17, 15) is 4.79 Å². The van der Waals surface area contributed by atoms with E-state index in [2.05, 4.69) is 12.2 Å². The summed E-state index contributed by atoms with van der Waals surface area (Å²) in [5.74, 6) is 0.259. The smallest absolute Gasteiger partial charge is 0.339 e. The fraction of sp³-hybridized carbons (Fsp3) is 0.615. The van der Waals surface area contributed by atoms with Gasteiger partial charge in [0.25, 0.3) is 0 Å². The summed E-state index contributed by atoms with van der Waals surface area (Å²) in [6.07, 6.45) is 6.42. The molecule has 1 fully saturated rings. The van der Waals surface area contributed by atoms with Gasteiger partial charge in [-0.15, -0.1) is 0 Å². The average molecular weight is 237 g/mol. The molecule has 1 saturated carbocycles. The van der Waals surface area contributed by atoms with E-state index in [0.29, 0.717) is 24.3 Å². The Morgan fingerprint density at radius 3 is 3.00 bits per heavy atom. The first-order chi connectivity index (χ1) is 8.18. The van der Waals surface area contributed by atoms with E-state index in [-0.39, 0.29) is 5.56 Å². The highest BCUT2D eigenvalue weighted by Gasteiger charge is 2.22. The van der Waals surface area contributed by atoms with Crippen molar-refractivity contribution in [3.8, 4) is 0 Å². The molecule has 0 aliphatic heterocycles. The highest BCUT2D eigenvalue weighted by molar-refractivity contribution is 5.88. The van der Waals surface area contributed by atoms with Crippen LogP contribution in [0.2, 0.25) is 0 Å². The minimum atomic E-state index is -0.924. The van der Waals surface area contributed by atoms with Crippen LogP contribution in [-0.4, -0.2) is 17.1 Å². The van der Waals surface area contributed by atoms with Gasteiger partial charge < -0.3 is 14.8 Å². The Balaban J connectivity index is 1.92. The number of nitrogens with one attached hydrogen (secondary N) is 1. The molecular formula is C13H19NO3. The summed E-state index contributed by atoms with van der Waals surface area (Å²) >= 11 is 0. The summed E-state index contributed by atoms with van der Waals surface area (Å²) in [5, 5.41) is 12.4. The normalized spacial score (nSPS) is 24.8. The fourth-order valence-corrected chi connectivity index (χ4v) is 2.51. The number of carboxylic acid groups (broad SMARTS) is 1. The molecular weight excluding hydrogens is 218 g/mol. The molecule has 0 amide bonds. The molecule has 17 heavy (non-hydrogen) atoms. The van der Waals surface area contributed by atoms with Crippen LogP contribution in [0.1, 0.15) is 48.7 Å². The van der Waals surface area contributed by atoms with E-state index in [4.69, 9.17) is 9.52 Å². The Hall–Kier alpha value is -1.29. The zero-order chi connectivity index (χ0) is 12.3. The van der Waals surface area contributed by atoms with Crippen molar-refractivity contribution in [1.82, 2.24) is 5.32 Å². The van der Waals surface area contributed by atoms with Crippen LogP contribution < -0.4 is 5.32 Å². The molecule has 1 heterocycles. The van der Waals surface area contributed by atoms with Crippen molar-refractivity contribution in [3.63, 3.8) is 0 Å². The van der Waals surface area contributed by atoms with Crippen LogP contribution in [0.5, 0.6) is 0 Å². The molecule has 2 rings (SSSR count). The highest BCUT2D eigenvalue weighted by atomic mass is 16.4. The molecule has 4 nitrogen and oxygen atoms in total. The molecule has 2 atom stereocenters. The van der Waals surface area contributed by atoms with E-state index in [1.54, 1.807) is 0 Å². The minimum absolute atomic E-state index is 0.265. The van der Waals surface area contributed by atoms with E-state index < -0.39 is 5.97 Å². The maximum atomic E-state index is 10.9. The van der Waals surface area contributed by atoms with Gasteiger partial charge in [0.05, 0.1) is 12.8 Å². The molecule has 1 aromatic rings. The van der Waals surface area contributed by atoms with Crippen LogP contribution in [0, 0.1) is 5.92 Å². The predicted octanol–water partition coefficient (Wildman–Crippen LogP) is 2.65. The monoisotopic (exact) mass is 237 g/mol. The second kappa shape index (κ2) is 5.36. The van der Waals surface area contributed by atoms with Crippen LogP contribution in [0.4, 0.5) is 0 Å². The SMILES string of the molecule is CC1CCCCC1NCc1occc1C(=O)O. The Kier molecular flexibility index (Phi) is 3.84. The standard InChI is InChI=1S/C13H19NO3/c1-9-4-2-3-5-11(9)14-8-12-10(13(15)16)6-7-17-12/h6-7,9,11,14H,2-5,8H2,1H3,(H,15,16). The lowest BCUT2D eigenvalue weighted by Crippen LogP contribution is -2.36. The Labute approximate surface area is 101 Å². The largest absolute Gasteiger partial charge is 0.478 e. The molecule has 1 aromatic heterocycles. The summed E-state index contributed by atoms with van der Waals surface area (Å²) in [6.45, 7) is 2.75. The van der Waals surface area contributed by atoms with Gasteiger partial charge in [-0.3, -0.25) is 0 Å². The Morgan fingerprint density at radius 2 is 2.29 bits per heavy atom. The summed E-state index contributed by atoms with van der Waals surface area (Å²) in [7, 11) is 0. The number of hydrogen-bond acceptors (Lipinski definition) is 3. The van der Waals surface area contributed by atoms with E-state index in [0.717, 1.165) is 0 Å². The van der Waals surface area contributed by atoms with Gasteiger partial charge in [-0.1, -0.05) is 19.8 Å². The first-order valence-corrected chi connectivity index (χ1v) is 6.21. The topological polar surface area (TPSA) is 62.5 Å². The number of rotatable bonds is 4. The van der Waals surface area contributed by atoms with Crippen LogP contribution >= 0.6 is 0 Å². The number of carbonyl (C=O) groups is 1. The van der Waals surface area contributed by atoms with Crippen LogP contribution in [0.15, 0.2) is 16.7 Å². The lowest BCUT2D eigenvalue weighted by Gasteiger charge is -2.29. The van der Waals surface area contributed by atoms with Gasteiger partial charge in [0.15, 0.2) is 0 Å². The van der Waals surface area contributed by atoms with Crippen molar-refractivity contribution in [1.29, 1.82) is 0 Å². The average Bonchev–Trinajstić information content (AvgIpc) is 2.76. The third kappa shape index (κ3) is 2.88. The number of furan rings is 1. The first-order valence-electron chi connectivity index (χ1n) is 6.21. The quantitative estimate of drug-likeness (QED) is 0.845. The lowest BCUT2D eigenvalue weighted by atomic mass is 9.86. The second-order valence-electron chi connectivity index (χ2n) is 4.81. The Morgan fingerprint density at radius 1 is 1.53 bits per heavy atom. The third-order valence-electron chi connectivity index (χ3n) is 3.61. The van der Waals surface area contributed by atoms with Crippen molar-refractivity contribution < 1.29 is 14.3 Å². The number of carboxylic acids is 1. The van der Waals surface area contributed by atoms with Crippen molar-refractivity contribution in [2.75, 3.05) is 0 Å². The molecule has 4 heteroatoms. The predicted molar refractivity (Wildman–Crippen MR) is 63.9 cm³/mol. The summed E-state index contributed by atoms with van der Waals surface area (Å²) in [6, 6.07) is 1.99. The summed E-state index contributed by atoms with van der Waals surface area (Å²) in [5.41, 5.74) is 0.265. The molecule has 2 unspecified atom stereocenters. The van der Waals surface area contributed by atoms with E-state index in [1.807, 2.05) is 0 Å². The fourth-order valence-electron chi connectivity index (χ4n) is 2.51.